The number of fused-ring (bicyclic) bond motifs is 1. The van der Waals surface area contributed by atoms with Crippen molar-refractivity contribution in [3.63, 3.8) is 0 Å². The first kappa shape index (κ1) is 14.9. The molecule has 1 heterocycles. The Kier molecular flexibility index (Phi) is 5.41. The van der Waals surface area contributed by atoms with Crippen LogP contribution < -0.4 is 15.8 Å². The van der Waals surface area contributed by atoms with E-state index < -0.39 is 0 Å². The third-order valence-corrected chi connectivity index (χ3v) is 3.68. The fourth-order valence-corrected chi connectivity index (χ4v) is 2.47. The molecular formula is C16H24N2O2. The summed E-state index contributed by atoms with van der Waals surface area (Å²) in [7, 11) is 0. The summed E-state index contributed by atoms with van der Waals surface area (Å²) in [6.07, 6.45) is 7.23. The average Bonchev–Trinajstić information content (AvgIpc) is 2.46. The zero-order valence-corrected chi connectivity index (χ0v) is 12.2. The first-order valence-electron chi connectivity index (χ1n) is 7.53. The molecule has 20 heavy (non-hydrogen) atoms. The van der Waals surface area contributed by atoms with Gasteiger partial charge in [0.2, 0.25) is 0 Å². The van der Waals surface area contributed by atoms with Gasteiger partial charge in [-0.1, -0.05) is 45.1 Å². The maximum atomic E-state index is 11.3. The van der Waals surface area contributed by atoms with E-state index in [0.717, 1.165) is 29.8 Å². The highest BCUT2D eigenvalue weighted by Crippen LogP contribution is 2.31. The van der Waals surface area contributed by atoms with E-state index in [1.54, 1.807) is 0 Å². The maximum Gasteiger partial charge on any atom is 0.262 e. The van der Waals surface area contributed by atoms with Crippen molar-refractivity contribution in [2.24, 2.45) is 5.73 Å². The summed E-state index contributed by atoms with van der Waals surface area (Å²) in [5, 5.41) is 2.82. The summed E-state index contributed by atoms with van der Waals surface area (Å²) >= 11 is 0. The molecule has 1 atom stereocenters. The summed E-state index contributed by atoms with van der Waals surface area (Å²) in [4.78, 5) is 11.3. The molecule has 1 aromatic carbocycles. The van der Waals surface area contributed by atoms with E-state index in [2.05, 4.69) is 12.2 Å². The molecule has 0 radical (unpaired) electrons. The van der Waals surface area contributed by atoms with Crippen LogP contribution in [0.1, 0.15) is 57.1 Å². The Bertz CT molecular complexity index is 460. The molecule has 1 aliphatic heterocycles. The second-order valence-corrected chi connectivity index (χ2v) is 5.40. The number of hydrogen-bond donors (Lipinski definition) is 2. The molecule has 0 aliphatic carbocycles. The fraction of sp³-hybridized carbons (Fsp3) is 0.562. The fourth-order valence-electron chi connectivity index (χ4n) is 2.47. The zero-order valence-electron chi connectivity index (χ0n) is 12.2. The average molecular weight is 276 g/mol. The van der Waals surface area contributed by atoms with E-state index >= 15 is 0 Å². The van der Waals surface area contributed by atoms with Gasteiger partial charge in [0.15, 0.2) is 6.61 Å². The van der Waals surface area contributed by atoms with Crippen molar-refractivity contribution in [3.05, 3.63) is 23.8 Å². The van der Waals surface area contributed by atoms with Crippen LogP contribution in [0.25, 0.3) is 0 Å². The molecule has 0 aromatic heterocycles. The van der Waals surface area contributed by atoms with Crippen molar-refractivity contribution < 1.29 is 9.53 Å². The normalized spacial score (nSPS) is 15.2. The number of carbonyl (C=O) groups is 1. The van der Waals surface area contributed by atoms with Crippen LogP contribution in [0.15, 0.2) is 18.2 Å². The number of benzene rings is 1. The third kappa shape index (κ3) is 3.97. The van der Waals surface area contributed by atoms with E-state index in [1.165, 1.54) is 25.7 Å². The lowest BCUT2D eigenvalue weighted by Crippen LogP contribution is -2.25. The third-order valence-electron chi connectivity index (χ3n) is 3.68. The lowest BCUT2D eigenvalue weighted by Gasteiger charge is -2.20. The molecule has 0 spiro atoms. The van der Waals surface area contributed by atoms with Gasteiger partial charge in [-0.2, -0.15) is 0 Å². The largest absolute Gasteiger partial charge is 0.482 e. The van der Waals surface area contributed by atoms with Gasteiger partial charge in [-0.3, -0.25) is 4.79 Å². The molecule has 4 heteroatoms. The number of rotatable bonds is 7. The molecule has 3 N–H and O–H groups in total. The standard InChI is InChI=1S/C16H24N2O2/c1-2-3-4-5-6-7-13(17)12-8-9-15-14(10-12)18-16(19)11-20-15/h8-10,13H,2-7,11,17H2,1H3,(H,18,19). The monoisotopic (exact) mass is 276 g/mol. The number of hydrogen-bond acceptors (Lipinski definition) is 3. The van der Waals surface area contributed by atoms with Crippen molar-refractivity contribution in [1.29, 1.82) is 0 Å². The zero-order chi connectivity index (χ0) is 14.4. The summed E-state index contributed by atoms with van der Waals surface area (Å²) in [5.41, 5.74) is 8.02. The van der Waals surface area contributed by atoms with Crippen LogP contribution in [0.2, 0.25) is 0 Å². The highest BCUT2D eigenvalue weighted by atomic mass is 16.5. The Balaban J connectivity index is 1.88. The Morgan fingerprint density at radius 1 is 1.30 bits per heavy atom. The summed E-state index contributed by atoms with van der Waals surface area (Å²) in [6.45, 7) is 2.31. The number of nitrogens with one attached hydrogen (secondary N) is 1. The number of nitrogens with two attached hydrogens (primary N) is 1. The molecule has 1 unspecified atom stereocenters. The van der Waals surface area contributed by atoms with Crippen molar-refractivity contribution in [1.82, 2.24) is 0 Å². The van der Waals surface area contributed by atoms with Crippen LogP contribution in [-0.2, 0) is 4.79 Å². The summed E-state index contributed by atoms with van der Waals surface area (Å²) < 4.78 is 5.34. The quantitative estimate of drug-likeness (QED) is 0.750. The Morgan fingerprint density at radius 2 is 2.10 bits per heavy atom. The van der Waals surface area contributed by atoms with E-state index in [-0.39, 0.29) is 18.6 Å². The Labute approximate surface area is 120 Å². The second-order valence-electron chi connectivity index (χ2n) is 5.40. The van der Waals surface area contributed by atoms with Crippen LogP contribution in [0.4, 0.5) is 5.69 Å². The number of anilines is 1. The summed E-state index contributed by atoms with van der Waals surface area (Å²) in [6, 6.07) is 5.85. The molecule has 0 bridgehead atoms. The molecule has 4 nitrogen and oxygen atoms in total. The number of unbranched alkanes of at least 4 members (excludes halogenated alkanes) is 4. The molecule has 1 amide bonds. The van der Waals surface area contributed by atoms with Crippen molar-refractivity contribution >= 4 is 11.6 Å². The second kappa shape index (κ2) is 7.29. The highest BCUT2D eigenvalue weighted by molar-refractivity contribution is 5.95. The maximum absolute atomic E-state index is 11.3. The lowest BCUT2D eigenvalue weighted by atomic mass is 9.99. The van der Waals surface area contributed by atoms with Crippen molar-refractivity contribution in [2.75, 3.05) is 11.9 Å². The number of ether oxygens (including phenoxy) is 1. The van der Waals surface area contributed by atoms with Crippen LogP contribution in [0, 0.1) is 0 Å². The van der Waals surface area contributed by atoms with Gasteiger partial charge in [0, 0.05) is 6.04 Å². The Hall–Kier alpha value is -1.55. The molecule has 0 fully saturated rings. The molecule has 0 saturated carbocycles. The van der Waals surface area contributed by atoms with Gasteiger partial charge in [-0.15, -0.1) is 0 Å². The molecular weight excluding hydrogens is 252 g/mol. The minimum atomic E-state index is -0.109. The van der Waals surface area contributed by atoms with E-state index in [4.69, 9.17) is 10.5 Å². The van der Waals surface area contributed by atoms with Crippen LogP contribution in [0.5, 0.6) is 5.75 Å². The van der Waals surface area contributed by atoms with Crippen LogP contribution in [0.3, 0.4) is 0 Å². The lowest BCUT2D eigenvalue weighted by molar-refractivity contribution is -0.118. The van der Waals surface area contributed by atoms with Gasteiger partial charge >= 0.3 is 0 Å². The Morgan fingerprint density at radius 3 is 2.90 bits per heavy atom. The summed E-state index contributed by atoms with van der Waals surface area (Å²) in [5.74, 6) is 0.617. The molecule has 110 valence electrons. The smallest absolute Gasteiger partial charge is 0.262 e. The van der Waals surface area contributed by atoms with Gasteiger partial charge in [0.25, 0.3) is 5.91 Å². The van der Waals surface area contributed by atoms with Gasteiger partial charge in [-0.05, 0) is 24.1 Å². The highest BCUT2D eigenvalue weighted by Gasteiger charge is 2.17. The van der Waals surface area contributed by atoms with E-state index in [9.17, 15) is 4.79 Å². The first-order chi connectivity index (χ1) is 9.70. The predicted octanol–water partition coefficient (Wildman–Crippen LogP) is 3.38. The van der Waals surface area contributed by atoms with Crippen molar-refractivity contribution in [3.8, 4) is 5.75 Å². The first-order valence-corrected chi connectivity index (χ1v) is 7.53. The minimum Gasteiger partial charge on any atom is -0.482 e. The van der Waals surface area contributed by atoms with Gasteiger partial charge in [0.05, 0.1) is 5.69 Å². The minimum absolute atomic E-state index is 0.0285. The number of amides is 1. The topological polar surface area (TPSA) is 64.3 Å². The molecule has 2 rings (SSSR count). The van der Waals surface area contributed by atoms with Crippen molar-refractivity contribution in [2.45, 2.75) is 51.5 Å². The molecule has 1 aromatic rings. The predicted molar refractivity (Wildman–Crippen MR) is 80.9 cm³/mol. The van der Waals surface area contributed by atoms with Gasteiger partial charge in [0.1, 0.15) is 5.75 Å². The van der Waals surface area contributed by atoms with Gasteiger partial charge in [-0.25, -0.2) is 0 Å². The van der Waals surface area contributed by atoms with Crippen LogP contribution in [-0.4, -0.2) is 12.5 Å². The molecule has 1 aliphatic rings. The number of carbonyl (C=O) groups excluding carboxylic acids is 1. The van der Waals surface area contributed by atoms with E-state index in [0.29, 0.717) is 0 Å². The molecule has 0 saturated heterocycles. The van der Waals surface area contributed by atoms with Gasteiger partial charge < -0.3 is 15.8 Å². The van der Waals surface area contributed by atoms with E-state index in [1.807, 2.05) is 18.2 Å². The SMILES string of the molecule is CCCCCCCC(N)c1ccc2c(c1)NC(=O)CO2. The van der Waals surface area contributed by atoms with Crippen LogP contribution >= 0.6 is 0 Å².